The van der Waals surface area contributed by atoms with E-state index in [1.807, 2.05) is 18.2 Å². The fraction of sp³-hybridized carbons (Fsp3) is 0.333. The van der Waals surface area contributed by atoms with Crippen LogP contribution in [0.4, 0.5) is 4.39 Å². The standard InChI is InChI=1S/C18H22FNO/c1-2-18(15-8-10-16(19)11-9-15)20-17(13-21)12-14-6-4-3-5-7-14/h3-11,17-18,20-21H,2,12-13H2,1H3/t17-,18?/m1/s1. The van der Waals surface area contributed by atoms with E-state index in [0.29, 0.717) is 0 Å². The third kappa shape index (κ3) is 4.66. The van der Waals surface area contributed by atoms with E-state index >= 15 is 0 Å². The molecule has 21 heavy (non-hydrogen) atoms. The smallest absolute Gasteiger partial charge is 0.123 e. The fourth-order valence-electron chi connectivity index (χ4n) is 2.50. The van der Waals surface area contributed by atoms with Gasteiger partial charge in [-0.15, -0.1) is 0 Å². The van der Waals surface area contributed by atoms with Gasteiger partial charge >= 0.3 is 0 Å². The minimum atomic E-state index is -0.225. The molecule has 0 aliphatic carbocycles. The summed E-state index contributed by atoms with van der Waals surface area (Å²) in [7, 11) is 0. The maximum absolute atomic E-state index is 13.0. The first kappa shape index (κ1) is 15.7. The third-order valence-electron chi connectivity index (χ3n) is 3.66. The predicted molar refractivity (Wildman–Crippen MR) is 83.6 cm³/mol. The summed E-state index contributed by atoms with van der Waals surface area (Å²) in [6.45, 7) is 2.16. The molecular formula is C18H22FNO. The zero-order valence-corrected chi connectivity index (χ0v) is 12.3. The first-order valence-electron chi connectivity index (χ1n) is 7.39. The van der Waals surface area contributed by atoms with Gasteiger partial charge in [0.05, 0.1) is 6.61 Å². The Balaban J connectivity index is 2.03. The molecule has 0 saturated heterocycles. The van der Waals surface area contributed by atoms with Crippen molar-refractivity contribution >= 4 is 0 Å². The molecule has 3 heteroatoms. The monoisotopic (exact) mass is 287 g/mol. The molecule has 0 heterocycles. The molecule has 0 fully saturated rings. The largest absolute Gasteiger partial charge is 0.395 e. The number of hydrogen-bond donors (Lipinski definition) is 2. The molecule has 2 aromatic carbocycles. The molecule has 0 spiro atoms. The van der Waals surface area contributed by atoms with Crippen molar-refractivity contribution in [1.82, 2.24) is 5.32 Å². The van der Waals surface area contributed by atoms with E-state index in [1.165, 1.54) is 17.7 Å². The van der Waals surface area contributed by atoms with Crippen molar-refractivity contribution in [2.45, 2.75) is 31.8 Å². The highest BCUT2D eigenvalue weighted by molar-refractivity contribution is 5.21. The van der Waals surface area contributed by atoms with Crippen LogP contribution in [0.1, 0.15) is 30.5 Å². The topological polar surface area (TPSA) is 32.3 Å². The van der Waals surface area contributed by atoms with E-state index in [-0.39, 0.29) is 24.5 Å². The Morgan fingerprint density at radius 3 is 2.29 bits per heavy atom. The van der Waals surface area contributed by atoms with Crippen LogP contribution in [0.3, 0.4) is 0 Å². The maximum atomic E-state index is 13.0. The van der Waals surface area contributed by atoms with Crippen molar-refractivity contribution in [2.75, 3.05) is 6.61 Å². The molecule has 0 aromatic heterocycles. The van der Waals surface area contributed by atoms with Gasteiger partial charge in [-0.1, -0.05) is 49.4 Å². The molecule has 0 saturated carbocycles. The zero-order chi connectivity index (χ0) is 15.1. The lowest BCUT2D eigenvalue weighted by Gasteiger charge is -2.24. The summed E-state index contributed by atoms with van der Waals surface area (Å²) in [6, 6.07) is 16.8. The van der Waals surface area contributed by atoms with Gasteiger partial charge < -0.3 is 10.4 Å². The van der Waals surface area contributed by atoms with Crippen molar-refractivity contribution in [3.63, 3.8) is 0 Å². The average Bonchev–Trinajstić information content (AvgIpc) is 2.53. The number of benzene rings is 2. The highest BCUT2D eigenvalue weighted by Crippen LogP contribution is 2.18. The van der Waals surface area contributed by atoms with Crippen LogP contribution in [0.15, 0.2) is 54.6 Å². The van der Waals surface area contributed by atoms with Gasteiger partial charge in [-0.05, 0) is 36.1 Å². The quantitative estimate of drug-likeness (QED) is 0.817. The highest BCUT2D eigenvalue weighted by atomic mass is 19.1. The van der Waals surface area contributed by atoms with Crippen LogP contribution in [0.2, 0.25) is 0 Å². The highest BCUT2D eigenvalue weighted by Gasteiger charge is 2.15. The van der Waals surface area contributed by atoms with Crippen molar-refractivity contribution in [2.24, 2.45) is 0 Å². The van der Waals surface area contributed by atoms with Crippen molar-refractivity contribution in [3.05, 3.63) is 71.5 Å². The lowest BCUT2D eigenvalue weighted by atomic mass is 10.0. The molecule has 0 radical (unpaired) electrons. The summed E-state index contributed by atoms with van der Waals surface area (Å²) in [5, 5.41) is 13.1. The van der Waals surface area contributed by atoms with Crippen molar-refractivity contribution in [3.8, 4) is 0 Å². The van der Waals surface area contributed by atoms with E-state index in [1.54, 1.807) is 12.1 Å². The number of aliphatic hydroxyl groups is 1. The van der Waals surface area contributed by atoms with Crippen LogP contribution >= 0.6 is 0 Å². The Bertz CT molecular complexity index is 527. The van der Waals surface area contributed by atoms with E-state index < -0.39 is 0 Å². The van der Waals surface area contributed by atoms with Gasteiger partial charge in [0.2, 0.25) is 0 Å². The van der Waals surface area contributed by atoms with Crippen LogP contribution in [0.25, 0.3) is 0 Å². The first-order chi connectivity index (χ1) is 10.2. The van der Waals surface area contributed by atoms with E-state index in [9.17, 15) is 9.50 Å². The molecular weight excluding hydrogens is 265 g/mol. The molecule has 112 valence electrons. The van der Waals surface area contributed by atoms with Gasteiger partial charge in [-0.25, -0.2) is 4.39 Å². The molecule has 1 unspecified atom stereocenters. The molecule has 2 atom stereocenters. The van der Waals surface area contributed by atoms with Gasteiger partial charge in [-0.2, -0.15) is 0 Å². The lowest BCUT2D eigenvalue weighted by Crippen LogP contribution is -2.37. The lowest BCUT2D eigenvalue weighted by molar-refractivity contribution is 0.229. The van der Waals surface area contributed by atoms with E-state index in [2.05, 4.69) is 24.4 Å². The molecule has 2 N–H and O–H groups in total. The number of hydrogen-bond acceptors (Lipinski definition) is 2. The van der Waals surface area contributed by atoms with Crippen LogP contribution in [-0.4, -0.2) is 17.8 Å². The van der Waals surface area contributed by atoms with Crippen LogP contribution in [0.5, 0.6) is 0 Å². The van der Waals surface area contributed by atoms with Crippen molar-refractivity contribution in [1.29, 1.82) is 0 Å². The van der Waals surface area contributed by atoms with Crippen LogP contribution < -0.4 is 5.32 Å². The van der Waals surface area contributed by atoms with Crippen LogP contribution in [-0.2, 0) is 6.42 Å². The normalized spacial score (nSPS) is 13.9. The number of aliphatic hydroxyl groups excluding tert-OH is 1. The van der Waals surface area contributed by atoms with Crippen LogP contribution in [0, 0.1) is 5.82 Å². The van der Waals surface area contributed by atoms with Gasteiger partial charge in [-0.3, -0.25) is 0 Å². The molecule has 0 bridgehead atoms. The Morgan fingerprint density at radius 2 is 1.71 bits per heavy atom. The maximum Gasteiger partial charge on any atom is 0.123 e. The summed E-state index contributed by atoms with van der Waals surface area (Å²) in [5.74, 6) is -0.225. The van der Waals surface area contributed by atoms with Gasteiger partial charge in [0.25, 0.3) is 0 Å². The summed E-state index contributed by atoms with van der Waals surface area (Å²) in [4.78, 5) is 0. The number of nitrogens with one attached hydrogen (secondary N) is 1. The summed E-state index contributed by atoms with van der Waals surface area (Å²) in [6.07, 6.45) is 1.66. The van der Waals surface area contributed by atoms with E-state index in [0.717, 1.165) is 18.4 Å². The van der Waals surface area contributed by atoms with Gasteiger partial charge in [0.1, 0.15) is 5.82 Å². The minimum Gasteiger partial charge on any atom is -0.395 e. The molecule has 2 rings (SSSR count). The summed E-state index contributed by atoms with van der Waals surface area (Å²) in [5.41, 5.74) is 2.24. The molecule has 0 aliphatic rings. The Labute approximate surface area is 125 Å². The minimum absolute atomic E-state index is 0.0117. The predicted octanol–water partition coefficient (Wildman–Crippen LogP) is 3.47. The molecule has 2 nitrogen and oxygen atoms in total. The fourth-order valence-corrected chi connectivity index (χ4v) is 2.50. The van der Waals surface area contributed by atoms with Gasteiger partial charge in [0.15, 0.2) is 0 Å². The molecule has 2 aromatic rings. The second-order valence-corrected chi connectivity index (χ2v) is 5.25. The number of halogens is 1. The summed E-state index contributed by atoms with van der Waals surface area (Å²) >= 11 is 0. The average molecular weight is 287 g/mol. The van der Waals surface area contributed by atoms with Crippen molar-refractivity contribution < 1.29 is 9.50 Å². The summed E-state index contributed by atoms with van der Waals surface area (Å²) < 4.78 is 13.0. The SMILES string of the molecule is CCC(N[C@@H](CO)Cc1ccccc1)c1ccc(F)cc1. The molecule has 0 amide bonds. The second kappa shape index (κ2) is 7.91. The Kier molecular flexibility index (Phi) is 5.90. The van der Waals surface area contributed by atoms with E-state index in [4.69, 9.17) is 0 Å². The molecule has 0 aliphatic heterocycles. The zero-order valence-electron chi connectivity index (χ0n) is 12.3. The number of rotatable bonds is 7. The second-order valence-electron chi connectivity index (χ2n) is 5.25. The van der Waals surface area contributed by atoms with Gasteiger partial charge in [0, 0.05) is 12.1 Å². The first-order valence-corrected chi connectivity index (χ1v) is 7.39. The third-order valence-corrected chi connectivity index (χ3v) is 3.66. The Morgan fingerprint density at radius 1 is 1.05 bits per heavy atom. The Hall–Kier alpha value is -1.71.